The average Bonchev–Trinajstić information content (AvgIpc) is 2.39. The molecule has 0 aliphatic heterocycles. The van der Waals surface area contributed by atoms with Gasteiger partial charge in [-0.15, -0.1) is 0 Å². The molecule has 0 amide bonds. The molecule has 126 valence electrons. The Morgan fingerprint density at radius 3 is 1.64 bits per heavy atom. The second kappa shape index (κ2) is 8.12. The summed E-state index contributed by atoms with van der Waals surface area (Å²) in [4.78, 5) is 0. The highest BCUT2D eigenvalue weighted by atomic mass is 79.9. The smallest absolute Gasteiger partial charge is 0.201 e. The molecular formula is C19H33BrOSi. The lowest BCUT2D eigenvalue weighted by molar-refractivity contribution is 0.128. The Hall–Kier alpha value is -0.123. The summed E-state index contributed by atoms with van der Waals surface area (Å²) in [5.74, 6) is 0.460. The summed E-state index contributed by atoms with van der Waals surface area (Å²) in [6.07, 6.45) is 0.162. The lowest BCUT2D eigenvalue weighted by atomic mass is 9.99. The molecule has 0 saturated carbocycles. The SMILES string of the molecule is CC(C)C(O[Si](C(C)C)(C(C)C)C(C)C)c1ccccc1Br. The lowest BCUT2D eigenvalue weighted by Crippen LogP contribution is -2.49. The minimum absolute atomic E-state index is 0.162. The van der Waals surface area contributed by atoms with Gasteiger partial charge in [-0.05, 0) is 34.2 Å². The summed E-state index contributed by atoms with van der Waals surface area (Å²) in [6, 6.07) is 8.51. The van der Waals surface area contributed by atoms with E-state index in [2.05, 4.69) is 95.6 Å². The summed E-state index contributed by atoms with van der Waals surface area (Å²) in [7, 11) is -1.88. The van der Waals surface area contributed by atoms with Crippen LogP contribution in [-0.2, 0) is 4.43 Å². The fourth-order valence-electron chi connectivity index (χ4n) is 3.89. The van der Waals surface area contributed by atoms with E-state index >= 15 is 0 Å². The van der Waals surface area contributed by atoms with Crippen molar-refractivity contribution in [2.24, 2.45) is 5.92 Å². The Kier molecular flexibility index (Phi) is 7.35. The number of hydrogen-bond acceptors (Lipinski definition) is 1. The van der Waals surface area contributed by atoms with Gasteiger partial charge in [-0.1, -0.05) is 89.5 Å². The minimum Gasteiger partial charge on any atom is -0.409 e. The monoisotopic (exact) mass is 384 g/mol. The van der Waals surface area contributed by atoms with Crippen LogP contribution in [0.5, 0.6) is 0 Å². The molecule has 22 heavy (non-hydrogen) atoms. The summed E-state index contributed by atoms with van der Waals surface area (Å²) < 4.78 is 8.22. The quantitative estimate of drug-likeness (QED) is 0.446. The van der Waals surface area contributed by atoms with Crippen molar-refractivity contribution >= 4 is 24.2 Å². The molecule has 1 unspecified atom stereocenters. The first-order chi connectivity index (χ1) is 10.1. The van der Waals surface area contributed by atoms with Crippen LogP contribution in [0, 0.1) is 5.92 Å². The van der Waals surface area contributed by atoms with E-state index in [1.165, 1.54) is 5.56 Å². The van der Waals surface area contributed by atoms with E-state index in [4.69, 9.17) is 4.43 Å². The molecule has 0 radical (unpaired) electrons. The molecule has 0 saturated heterocycles. The van der Waals surface area contributed by atoms with E-state index in [1.807, 2.05) is 0 Å². The first kappa shape index (κ1) is 19.9. The Morgan fingerprint density at radius 2 is 1.27 bits per heavy atom. The number of halogens is 1. The van der Waals surface area contributed by atoms with Crippen molar-refractivity contribution in [3.63, 3.8) is 0 Å². The normalized spacial score (nSPS) is 14.4. The van der Waals surface area contributed by atoms with Crippen LogP contribution in [0.4, 0.5) is 0 Å². The molecule has 1 aromatic rings. The molecule has 1 atom stereocenters. The predicted molar refractivity (Wildman–Crippen MR) is 104 cm³/mol. The number of rotatable bonds is 7. The van der Waals surface area contributed by atoms with Crippen LogP contribution < -0.4 is 0 Å². The van der Waals surface area contributed by atoms with Gasteiger partial charge in [0, 0.05) is 4.47 Å². The summed E-state index contributed by atoms with van der Waals surface area (Å²) in [5, 5.41) is 0. The lowest BCUT2D eigenvalue weighted by Gasteiger charge is -2.45. The summed E-state index contributed by atoms with van der Waals surface area (Å²) in [5.41, 5.74) is 3.11. The van der Waals surface area contributed by atoms with Gasteiger partial charge in [0.15, 0.2) is 0 Å². The van der Waals surface area contributed by atoms with Gasteiger partial charge >= 0.3 is 0 Å². The van der Waals surface area contributed by atoms with E-state index in [0.29, 0.717) is 22.5 Å². The van der Waals surface area contributed by atoms with Gasteiger partial charge in [-0.3, -0.25) is 0 Å². The van der Waals surface area contributed by atoms with Crippen LogP contribution in [0.1, 0.15) is 67.1 Å². The average molecular weight is 385 g/mol. The van der Waals surface area contributed by atoms with E-state index in [1.54, 1.807) is 0 Å². The van der Waals surface area contributed by atoms with Gasteiger partial charge in [0.2, 0.25) is 8.32 Å². The van der Waals surface area contributed by atoms with E-state index in [9.17, 15) is 0 Å². The van der Waals surface area contributed by atoms with Crippen molar-refractivity contribution in [2.45, 2.75) is 78.1 Å². The van der Waals surface area contributed by atoms with Crippen LogP contribution in [0.2, 0.25) is 16.6 Å². The maximum absolute atomic E-state index is 7.06. The second-order valence-corrected chi connectivity index (χ2v) is 13.9. The van der Waals surface area contributed by atoms with Crippen molar-refractivity contribution < 1.29 is 4.43 Å². The van der Waals surface area contributed by atoms with E-state index < -0.39 is 8.32 Å². The zero-order chi connectivity index (χ0) is 17.1. The third kappa shape index (κ3) is 4.04. The fourth-order valence-corrected chi connectivity index (χ4v) is 10.1. The highest BCUT2D eigenvalue weighted by Crippen LogP contribution is 2.47. The van der Waals surface area contributed by atoms with E-state index in [-0.39, 0.29) is 6.10 Å². The topological polar surface area (TPSA) is 9.23 Å². The van der Waals surface area contributed by atoms with Crippen LogP contribution in [0.15, 0.2) is 28.7 Å². The van der Waals surface area contributed by atoms with E-state index in [0.717, 1.165) is 4.47 Å². The first-order valence-corrected chi connectivity index (χ1v) is 11.5. The molecule has 0 N–H and O–H groups in total. The van der Waals surface area contributed by atoms with Gasteiger partial charge in [0.1, 0.15) is 0 Å². The molecule has 0 aliphatic carbocycles. The molecule has 0 fully saturated rings. The second-order valence-electron chi connectivity index (χ2n) is 7.62. The highest BCUT2D eigenvalue weighted by Gasteiger charge is 2.47. The zero-order valence-corrected chi connectivity index (χ0v) is 18.1. The Morgan fingerprint density at radius 1 is 0.818 bits per heavy atom. The molecule has 1 nitrogen and oxygen atoms in total. The third-order valence-corrected chi connectivity index (χ3v) is 11.7. The van der Waals surface area contributed by atoms with Crippen LogP contribution in [0.25, 0.3) is 0 Å². The molecule has 0 bridgehead atoms. The van der Waals surface area contributed by atoms with Crippen LogP contribution in [0.3, 0.4) is 0 Å². The zero-order valence-electron chi connectivity index (χ0n) is 15.5. The van der Waals surface area contributed by atoms with Crippen molar-refractivity contribution in [3.05, 3.63) is 34.3 Å². The van der Waals surface area contributed by atoms with Gasteiger partial charge in [0.25, 0.3) is 0 Å². The van der Waals surface area contributed by atoms with Crippen LogP contribution in [-0.4, -0.2) is 8.32 Å². The Bertz CT molecular complexity index is 446. The van der Waals surface area contributed by atoms with Crippen LogP contribution >= 0.6 is 15.9 Å². The standard InChI is InChI=1S/C19H33BrOSi/c1-13(2)19(17-11-9-10-12-18(17)20)21-22(14(3)4,15(5)6)16(7)8/h9-16,19H,1-8H3. The van der Waals surface area contributed by atoms with Gasteiger partial charge in [-0.25, -0.2) is 0 Å². The van der Waals surface area contributed by atoms with Crippen molar-refractivity contribution in [3.8, 4) is 0 Å². The maximum atomic E-state index is 7.06. The Balaban J connectivity index is 3.30. The first-order valence-electron chi connectivity index (χ1n) is 8.56. The molecule has 0 aliphatic rings. The molecule has 0 heterocycles. The van der Waals surface area contributed by atoms with Crippen molar-refractivity contribution in [2.75, 3.05) is 0 Å². The maximum Gasteiger partial charge on any atom is 0.201 e. The largest absolute Gasteiger partial charge is 0.409 e. The van der Waals surface area contributed by atoms with Crippen molar-refractivity contribution in [1.29, 1.82) is 0 Å². The molecule has 0 spiro atoms. The molecular weight excluding hydrogens is 352 g/mol. The molecule has 3 heteroatoms. The van der Waals surface area contributed by atoms with Gasteiger partial charge < -0.3 is 4.43 Å². The molecule has 1 rings (SSSR count). The van der Waals surface area contributed by atoms with Gasteiger partial charge in [0.05, 0.1) is 6.10 Å². The fraction of sp³-hybridized carbons (Fsp3) is 0.684. The third-order valence-electron chi connectivity index (χ3n) is 4.86. The molecule has 1 aromatic carbocycles. The summed E-state index contributed by atoms with van der Waals surface area (Å²) >= 11 is 3.72. The molecule has 0 aromatic heterocycles. The number of hydrogen-bond donors (Lipinski definition) is 0. The predicted octanol–water partition coefficient (Wildman–Crippen LogP) is 7.34. The minimum atomic E-state index is -1.88. The summed E-state index contributed by atoms with van der Waals surface area (Å²) in [6.45, 7) is 18.6. The van der Waals surface area contributed by atoms with Crippen molar-refractivity contribution in [1.82, 2.24) is 0 Å². The van der Waals surface area contributed by atoms with Gasteiger partial charge in [-0.2, -0.15) is 0 Å². The highest BCUT2D eigenvalue weighted by molar-refractivity contribution is 9.10. The Labute approximate surface area is 147 Å². The number of benzene rings is 1.